The van der Waals surface area contributed by atoms with Crippen LogP contribution in [0.15, 0.2) is 53.4 Å². The lowest BCUT2D eigenvalue weighted by Gasteiger charge is -2.30. The molecule has 2 rings (SSSR count). The van der Waals surface area contributed by atoms with Gasteiger partial charge in [0, 0.05) is 6.04 Å². The van der Waals surface area contributed by atoms with Gasteiger partial charge in [0.05, 0.1) is 29.6 Å². The Labute approximate surface area is 189 Å². The van der Waals surface area contributed by atoms with Gasteiger partial charge in [0.1, 0.15) is 11.8 Å². The maximum atomic E-state index is 13.2. The fourth-order valence-corrected chi connectivity index (χ4v) is 5.67. The molecule has 32 heavy (non-hydrogen) atoms. The first-order chi connectivity index (χ1) is 14.9. The fraction of sp³-hybridized carbons (Fsp3) is 0.381. The zero-order chi connectivity index (χ0) is 24.1. The number of ether oxygens (including phenoxy) is 1. The lowest BCUT2D eigenvalue weighted by atomic mass is 10.1. The van der Waals surface area contributed by atoms with Crippen molar-refractivity contribution in [3.8, 4) is 5.75 Å². The van der Waals surface area contributed by atoms with Gasteiger partial charge in [-0.15, -0.1) is 0 Å². The summed E-state index contributed by atoms with van der Waals surface area (Å²) >= 11 is 0. The molecule has 0 aliphatic carbocycles. The molecule has 2 N–H and O–H groups in total. The van der Waals surface area contributed by atoms with E-state index in [1.165, 1.54) is 25.3 Å². The Kier molecular flexibility index (Phi) is 8.27. The molecule has 0 aliphatic rings. The molecule has 0 heterocycles. The highest BCUT2D eigenvalue weighted by molar-refractivity contribution is 7.92. The van der Waals surface area contributed by atoms with Gasteiger partial charge in [-0.2, -0.15) is 0 Å². The molecular weight excluding hydrogens is 454 g/mol. The minimum Gasteiger partial charge on any atom is -0.495 e. The molecule has 0 spiro atoms. The number of rotatable bonds is 10. The molecule has 2 aromatic carbocycles. The van der Waals surface area contributed by atoms with E-state index in [4.69, 9.17) is 4.74 Å². The van der Waals surface area contributed by atoms with Crippen LogP contribution in [0.1, 0.15) is 27.2 Å². The molecule has 0 bridgehead atoms. The minimum atomic E-state index is -3.81. The summed E-state index contributed by atoms with van der Waals surface area (Å²) in [6.45, 7) is 5.08. The van der Waals surface area contributed by atoms with Crippen LogP contribution in [0.3, 0.4) is 0 Å². The van der Waals surface area contributed by atoms with Crippen LogP contribution >= 0.6 is 0 Å². The van der Waals surface area contributed by atoms with Gasteiger partial charge in [-0.05, 0) is 50.6 Å². The van der Waals surface area contributed by atoms with Crippen LogP contribution in [0.25, 0.3) is 0 Å². The highest BCUT2D eigenvalue weighted by Gasteiger charge is 2.32. The molecule has 1 atom stereocenters. The van der Waals surface area contributed by atoms with Crippen molar-refractivity contribution < 1.29 is 26.4 Å². The standard InChI is InChI=1S/C21H29N3O6S2/c1-6-19(24(31(5,26)27)16-10-8-7-9-11-16)21(25)22-18-14-17(12-13-20(18)30-4)32(28,29)23-15(2)3/h7-15,19,23H,6H2,1-5H3,(H,22,25)/t19-/m0/s1. The number of nitrogens with zero attached hydrogens (tertiary/aromatic N) is 1. The monoisotopic (exact) mass is 483 g/mol. The van der Waals surface area contributed by atoms with Crippen LogP contribution in [0.2, 0.25) is 0 Å². The molecule has 11 heteroatoms. The van der Waals surface area contributed by atoms with Gasteiger partial charge >= 0.3 is 0 Å². The van der Waals surface area contributed by atoms with Gasteiger partial charge in [-0.25, -0.2) is 21.6 Å². The Bertz CT molecular complexity index is 1150. The van der Waals surface area contributed by atoms with E-state index in [0.29, 0.717) is 5.69 Å². The number of benzene rings is 2. The van der Waals surface area contributed by atoms with E-state index in [0.717, 1.165) is 10.6 Å². The molecule has 9 nitrogen and oxygen atoms in total. The summed E-state index contributed by atoms with van der Waals surface area (Å²) in [5.74, 6) is -0.381. The quantitative estimate of drug-likeness (QED) is 0.536. The van der Waals surface area contributed by atoms with Crippen molar-refractivity contribution in [3.05, 3.63) is 48.5 Å². The molecule has 2 aromatic rings. The highest BCUT2D eigenvalue weighted by Crippen LogP contribution is 2.29. The van der Waals surface area contributed by atoms with E-state index in [1.807, 2.05) is 0 Å². The van der Waals surface area contributed by atoms with Crippen molar-refractivity contribution in [3.63, 3.8) is 0 Å². The number of anilines is 2. The third-order valence-corrected chi connectivity index (χ3v) is 7.31. The summed E-state index contributed by atoms with van der Waals surface area (Å²) in [5.41, 5.74) is 0.463. The molecule has 1 amide bonds. The number of para-hydroxylation sites is 1. The molecule has 0 saturated carbocycles. The average molecular weight is 484 g/mol. The van der Waals surface area contributed by atoms with Crippen LogP contribution in [-0.4, -0.2) is 48.2 Å². The number of nitrogens with one attached hydrogen (secondary N) is 2. The zero-order valence-electron chi connectivity index (χ0n) is 18.7. The summed E-state index contributed by atoms with van der Waals surface area (Å²) in [6.07, 6.45) is 1.21. The number of hydrogen-bond donors (Lipinski definition) is 2. The molecule has 0 aliphatic heterocycles. The lowest BCUT2D eigenvalue weighted by Crippen LogP contribution is -2.47. The largest absolute Gasteiger partial charge is 0.495 e. The third-order valence-electron chi connectivity index (χ3n) is 4.47. The molecule has 0 aromatic heterocycles. The lowest BCUT2D eigenvalue weighted by molar-refractivity contribution is -0.117. The van der Waals surface area contributed by atoms with Gasteiger partial charge < -0.3 is 10.1 Å². The number of hydrogen-bond acceptors (Lipinski definition) is 6. The molecule has 0 fully saturated rings. The smallest absolute Gasteiger partial charge is 0.248 e. The van der Waals surface area contributed by atoms with Crippen molar-refractivity contribution >= 4 is 37.3 Å². The van der Waals surface area contributed by atoms with E-state index in [-0.39, 0.29) is 28.8 Å². The van der Waals surface area contributed by atoms with Crippen LogP contribution in [-0.2, 0) is 24.8 Å². The second-order valence-corrected chi connectivity index (χ2v) is 11.0. The van der Waals surface area contributed by atoms with E-state index in [2.05, 4.69) is 10.0 Å². The van der Waals surface area contributed by atoms with Gasteiger partial charge in [-0.3, -0.25) is 9.10 Å². The number of carbonyl (C=O) groups is 1. The first-order valence-corrected chi connectivity index (χ1v) is 13.3. The topological polar surface area (TPSA) is 122 Å². The molecular formula is C21H29N3O6S2. The Morgan fingerprint density at radius 2 is 1.69 bits per heavy atom. The number of methoxy groups -OCH3 is 1. The Hall–Kier alpha value is -2.63. The number of amides is 1. The normalized spacial score (nSPS) is 12.9. The third kappa shape index (κ3) is 6.21. The van der Waals surface area contributed by atoms with E-state index in [1.54, 1.807) is 51.1 Å². The fourth-order valence-electron chi connectivity index (χ4n) is 3.18. The Balaban J connectivity index is 2.45. The SMILES string of the molecule is CC[C@@H](C(=O)Nc1cc(S(=O)(=O)NC(C)C)ccc1OC)N(c1ccccc1)S(C)(=O)=O. The van der Waals surface area contributed by atoms with Crippen LogP contribution in [0, 0.1) is 0 Å². The molecule has 176 valence electrons. The van der Waals surface area contributed by atoms with Gasteiger partial charge in [0.2, 0.25) is 26.0 Å². The van der Waals surface area contributed by atoms with Gasteiger partial charge in [0.25, 0.3) is 0 Å². The summed E-state index contributed by atoms with van der Waals surface area (Å²) in [4.78, 5) is 13.1. The number of sulfonamides is 2. The van der Waals surface area contributed by atoms with Crippen LogP contribution < -0.4 is 19.1 Å². The van der Waals surface area contributed by atoms with Crippen molar-refractivity contribution in [2.45, 2.75) is 44.2 Å². The van der Waals surface area contributed by atoms with Crippen molar-refractivity contribution in [2.75, 3.05) is 23.0 Å². The second kappa shape index (κ2) is 10.3. The van der Waals surface area contributed by atoms with E-state index in [9.17, 15) is 21.6 Å². The zero-order valence-corrected chi connectivity index (χ0v) is 20.3. The second-order valence-electron chi connectivity index (χ2n) is 7.45. The molecule has 0 unspecified atom stereocenters. The van der Waals surface area contributed by atoms with Gasteiger partial charge in [0.15, 0.2) is 0 Å². The maximum Gasteiger partial charge on any atom is 0.248 e. The van der Waals surface area contributed by atoms with E-state index < -0.39 is 32.0 Å². The predicted octanol–water partition coefficient (Wildman–Crippen LogP) is 2.57. The Morgan fingerprint density at radius 1 is 1.06 bits per heavy atom. The molecule has 0 saturated heterocycles. The number of carbonyl (C=O) groups excluding carboxylic acids is 1. The summed E-state index contributed by atoms with van der Waals surface area (Å²) in [7, 11) is -6.22. The van der Waals surface area contributed by atoms with Crippen molar-refractivity contribution in [1.82, 2.24) is 4.72 Å². The van der Waals surface area contributed by atoms with Crippen LogP contribution in [0.4, 0.5) is 11.4 Å². The van der Waals surface area contributed by atoms with Crippen molar-refractivity contribution in [1.29, 1.82) is 0 Å². The first-order valence-electron chi connectivity index (χ1n) is 9.96. The van der Waals surface area contributed by atoms with Crippen LogP contribution in [0.5, 0.6) is 5.75 Å². The van der Waals surface area contributed by atoms with E-state index >= 15 is 0 Å². The maximum absolute atomic E-state index is 13.2. The van der Waals surface area contributed by atoms with Gasteiger partial charge in [-0.1, -0.05) is 25.1 Å². The summed E-state index contributed by atoms with van der Waals surface area (Å²) in [6, 6.07) is 11.0. The minimum absolute atomic E-state index is 0.0571. The summed E-state index contributed by atoms with van der Waals surface area (Å²) in [5, 5.41) is 2.64. The molecule has 0 radical (unpaired) electrons. The Morgan fingerprint density at radius 3 is 2.19 bits per heavy atom. The average Bonchev–Trinajstić information content (AvgIpc) is 2.70. The first kappa shape index (κ1) is 25.6. The predicted molar refractivity (Wildman–Crippen MR) is 125 cm³/mol. The summed E-state index contributed by atoms with van der Waals surface area (Å²) < 4.78 is 58.9. The van der Waals surface area contributed by atoms with Crippen molar-refractivity contribution in [2.24, 2.45) is 0 Å². The highest BCUT2D eigenvalue weighted by atomic mass is 32.2.